The van der Waals surface area contributed by atoms with Gasteiger partial charge in [-0.05, 0) is 38.8 Å². The molecule has 2 rings (SSSR count). The van der Waals surface area contributed by atoms with Crippen molar-refractivity contribution in [2.45, 2.75) is 32.7 Å². The molecule has 1 heterocycles. The standard InChI is InChI=1S/C12H15NO/c1-4-12(14)11-7-8(2)13(9(11)3)10-5-6-10/h4,7,10H,1,5-6H2,2-3H3. The van der Waals surface area contributed by atoms with Gasteiger partial charge in [-0.1, -0.05) is 6.58 Å². The molecule has 14 heavy (non-hydrogen) atoms. The number of allylic oxidation sites excluding steroid dienone is 1. The summed E-state index contributed by atoms with van der Waals surface area (Å²) in [5.74, 6) is 0.0324. The number of hydrogen-bond donors (Lipinski definition) is 0. The Balaban J connectivity index is 2.47. The van der Waals surface area contributed by atoms with E-state index in [0.717, 1.165) is 11.3 Å². The molecule has 2 nitrogen and oxygen atoms in total. The summed E-state index contributed by atoms with van der Waals surface area (Å²) >= 11 is 0. The van der Waals surface area contributed by atoms with E-state index in [1.165, 1.54) is 24.6 Å². The molecule has 0 bridgehead atoms. The zero-order valence-electron chi connectivity index (χ0n) is 8.71. The predicted octanol–water partition coefficient (Wildman–Crippen LogP) is 2.81. The average molecular weight is 189 g/mol. The number of ketones is 1. The van der Waals surface area contributed by atoms with Crippen molar-refractivity contribution in [1.29, 1.82) is 0 Å². The number of aryl methyl sites for hydroxylation is 1. The fourth-order valence-electron chi connectivity index (χ4n) is 2.03. The highest BCUT2D eigenvalue weighted by Gasteiger charge is 2.27. The SMILES string of the molecule is C=CC(=O)c1cc(C)n(C2CC2)c1C. The van der Waals surface area contributed by atoms with Gasteiger partial charge in [0.05, 0.1) is 0 Å². The van der Waals surface area contributed by atoms with Gasteiger partial charge in [-0.3, -0.25) is 4.79 Å². The van der Waals surface area contributed by atoms with E-state index in [2.05, 4.69) is 18.1 Å². The Hall–Kier alpha value is -1.31. The van der Waals surface area contributed by atoms with Crippen molar-refractivity contribution in [2.24, 2.45) is 0 Å². The van der Waals surface area contributed by atoms with E-state index in [4.69, 9.17) is 0 Å². The Bertz CT molecular complexity index is 397. The Morgan fingerprint density at radius 2 is 2.21 bits per heavy atom. The van der Waals surface area contributed by atoms with Crippen LogP contribution in [0, 0.1) is 13.8 Å². The maximum absolute atomic E-state index is 11.5. The number of hydrogen-bond acceptors (Lipinski definition) is 1. The second kappa shape index (κ2) is 3.12. The lowest BCUT2D eigenvalue weighted by molar-refractivity contribution is 0.104. The lowest BCUT2D eigenvalue weighted by Gasteiger charge is -2.06. The molecule has 0 saturated heterocycles. The molecule has 0 unspecified atom stereocenters. The fourth-order valence-corrected chi connectivity index (χ4v) is 2.03. The van der Waals surface area contributed by atoms with Crippen molar-refractivity contribution in [3.63, 3.8) is 0 Å². The molecule has 0 aromatic carbocycles. The summed E-state index contributed by atoms with van der Waals surface area (Å²) in [5, 5.41) is 0. The molecule has 0 spiro atoms. The van der Waals surface area contributed by atoms with Crippen LogP contribution in [0.5, 0.6) is 0 Å². The van der Waals surface area contributed by atoms with Crippen LogP contribution < -0.4 is 0 Å². The van der Waals surface area contributed by atoms with Gasteiger partial charge >= 0.3 is 0 Å². The summed E-state index contributed by atoms with van der Waals surface area (Å²) in [7, 11) is 0. The molecule has 2 heteroatoms. The van der Waals surface area contributed by atoms with Gasteiger partial charge in [-0.2, -0.15) is 0 Å². The molecular weight excluding hydrogens is 174 g/mol. The third-order valence-electron chi connectivity index (χ3n) is 2.85. The number of rotatable bonds is 3. The first-order chi connectivity index (χ1) is 6.65. The molecule has 0 N–H and O–H groups in total. The smallest absolute Gasteiger partial charge is 0.187 e. The normalized spacial score (nSPS) is 15.6. The van der Waals surface area contributed by atoms with Gasteiger partial charge in [0.25, 0.3) is 0 Å². The van der Waals surface area contributed by atoms with E-state index < -0.39 is 0 Å². The number of aromatic nitrogens is 1. The van der Waals surface area contributed by atoms with Crippen molar-refractivity contribution < 1.29 is 4.79 Å². The lowest BCUT2D eigenvalue weighted by atomic mass is 10.1. The summed E-state index contributed by atoms with van der Waals surface area (Å²) in [6.07, 6.45) is 3.88. The minimum Gasteiger partial charge on any atom is -0.345 e. The molecule has 1 aliphatic rings. The molecule has 0 amide bonds. The summed E-state index contributed by atoms with van der Waals surface area (Å²) in [6, 6.07) is 2.61. The second-order valence-electron chi connectivity index (χ2n) is 3.95. The molecule has 1 aromatic rings. The lowest BCUT2D eigenvalue weighted by Crippen LogP contribution is -2.01. The molecule has 1 saturated carbocycles. The fraction of sp³-hybridized carbons (Fsp3) is 0.417. The van der Waals surface area contributed by atoms with Gasteiger partial charge < -0.3 is 4.57 Å². The van der Waals surface area contributed by atoms with Gasteiger partial charge in [-0.15, -0.1) is 0 Å². The summed E-state index contributed by atoms with van der Waals surface area (Å²) in [4.78, 5) is 11.5. The Morgan fingerprint density at radius 1 is 1.57 bits per heavy atom. The first kappa shape index (κ1) is 9.25. The van der Waals surface area contributed by atoms with E-state index in [1.807, 2.05) is 13.0 Å². The van der Waals surface area contributed by atoms with Crippen LogP contribution in [-0.2, 0) is 0 Å². The molecule has 1 fully saturated rings. The first-order valence-electron chi connectivity index (χ1n) is 5.00. The van der Waals surface area contributed by atoms with E-state index in [-0.39, 0.29) is 5.78 Å². The monoisotopic (exact) mass is 189 g/mol. The number of carbonyl (C=O) groups is 1. The van der Waals surface area contributed by atoms with Crippen LogP contribution >= 0.6 is 0 Å². The zero-order valence-corrected chi connectivity index (χ0v) is 8.71. The van der Waals surface area contributed by atoms with Crippen molar-refractivity contribution in [1.82, 2.24) is 4.57 Å². The highest BCUT2D eigenvalue weighted by molar-refractivity contribution is 6.05. The maximum Gasteiger partial charge on any atom is 0.187 e. The van der Waals surface area contributed by atoms with Crippen LogP contribution in [0.15, 0.2) is 18.7 Å². The van der Waals surface area contributed by atoms with Crippen LogP contribution in [0.2, 0.25) is 0 Å². The van der Waals surface area contributed by atoms with Crippen molar-refractivity contribution in [3.8, 4) is 0 Å². The predicted molar refractivity (Wildman–Crippen MR) is 56.7 cm³/mol. The largest absolute Gasteiger partial charge is 0.345 e. The van der Waals surface area contributed by atoms with E-state index in [9.17, 15) is 4.79 Å². The van der Waals surface area contributed by atoms with Crippen molar-refractivity contribution in [2.75, 3.05) is 0 Å². The maximum atomic E-state index is 11.5. The van der Waals surface area contributed by atoms with Gasteiger partial charge in [0.1, 0.15) is 0 Å². The summed E-state index contributed by atoms with van der Waals surface area (Å²) < 4.78 is 2.27. The van der Waals surface area contributed by atoms with Crippen LogP contribution in [0.25, 0.3) is 0 Å². The highest BCUT2D eigenvalue weighted by atomic mass is 16.1. The van der Waals surface area contributed by atoms with Crippen LogP contribution in [-0.4, -0.2) is 10.4 Å². The zero-order chi connectivity index (χ0) is 10.3. The Labute approximate surface area is 84.2 Å². The van der Waals surface area contributed by atoms with Gasteiger partial charge in [-0.25, -0.2) is 0 Å². The van der Waals surface area contributed by atoms with Gasteiger partial charge in [0, 0.05) is 23.0 Å². The molecule has 0 atom stereocenters. The van der Waals surface area contributed by atoms with Crippen LogP contribution in [0.4, 0.5) is 0 Å². The summed E-state index contributed by atoms with van der Waals surface area (Å²) in [5.41, 5.74) is 3.09. The third kappa shape index (κ3) is 1.31. The second-order valence-corrected chi connectivity index (χ2v) is 3.95. The van der Waals surface area contributed by atoms with E-state index in [1.54, 1.807) is 0 Å². The highest BCUT2D eigenvalue weighted by Crippen LogP contribution is 2.38. The van der Waals surface area contributed by atoms with Crippen molar-refractivity contribution >= 4 is 5.78 Å². The topological polar surface area (TPSA) is 22.0 Å². The quantitative estimate of drug-likeness (QED) is 0.529. The molecule has 1 aromatic heterocycles. The van der Waals surface area contributed by atoms with Gasteiger partial charge in [0.2, 0.25) is 0 Å². The van der Waals surface area contributed by atoms with Gasteiger partial charge in [0.15, 0.2) is 5.78 Å². The molecule has 74 valence electrons. The van der Waals surface area contributed by atoms with E-state index in [0.29, 0.717) is 6.04 Å². The molecular formula is C12H15NO. The summed E-state index contributed by atoms with van der Waals surface area (Å²) in [6.45, 7) is 7.60. The Kier molecular flexibility index (Phi) is 2.06. The minimum absolute atomic E-state index is 0.0324. The Morgan fingerprint density at radius 3 is 2.71 bits per heavy atom. The average Bonchev–Trinajstić information content (AvgIpc) is 2.93. The molecule has 0 radical (unpaired) electrons. The third-order valence-corrected chi connectivity index (χ3v) is 2.85. The van der Waals surface area contributed by atoms with Crippen LogP contribution in [0.3, 0.4) is 0 Å². The van der Waals surface area contributed by atoms with Crippen LogP contribution in [0.1, 0.15) is 40.6 Å². The minimum atomic E-state index is 0.0324. The molecule has 0 aliphatic heterocycles. The van der Waals surface area contributed by atoms with E-state index >= 15 is 0 Å². The number of nitrogens with zero attached hydrogens (tertiary/aromatic N) is 1. The van der Waals surface area contributed by atoms with Crippen molar-refractivity contribution in [3.05, 3.63) is 35.7 Å². The first-order valence-corrected chi connectivity index (χ1v) is 5.00. The number of carbonyl (C=O) groups excluding carboxylic acids is 1. The molecule has 1 aliphatic carbocycles.